The van der Waals surface area contributed by atoms with Gasteiger partial charge in [-0.05, 0) is 72.8 Å². The number of thiophene rings is 1. The lowest BCUT2D eigenvalue weighted by molar-refractivity contribution is 0.414. The molecule has 0 radical (unpaired) electrons. The lowest BCUT2D eigenvalue weighted by Gasteiger charge is -2.09. The van der Waals surface area contributed by atoms with Crippen LogP contribution >= 0.6 is 11.3 Å². The van der Waals surface area contributed by atoms with E-state index in [1.165, 1.54) is 63.8 Å². The lowest BCUT2D eigenvalue weighted by atomic mass is 10.1. The van der Waals surface area contributed by atoms with Gasteiger partial charge in [0.1, 0.15) is 11.5 Å². The Bertz CT molecular complexity index is 2340. The van der Waals surface area contributed by atoms with Crippen LogP contribution in [0.4, 0.5) is 0 Å². The molecule has 0 amide bonds. The van der Waals surface area contributed by atoms with E-state index >= 15 is 0 Å². The Morgan fingerprint density at radius 2 is 0.837 bits per heavy atom. The van der Waals surface area contributed by atoms with Crippen LogP contribution in [0.2, 0.25) is 0 Å². The molecule has 0 atom stereocenters. The molecule has 0 saturated carbocycles. The molecule has 6 aromatic carbocycles. The second kappa shape index (κ2) is 9.12. The largest absolute Gasteiger partial charge is 0.497 e. The van der Waals surface area contributed by atoms with Crippen LogP contribution in [0.5, 0.6) is 11.5 Å². The summed E-state index contributed by atoms with van der Waals surface area (Å²) in [4.78, 5) is 0. The minimum atomic E-state index is 0.856. The monoisotopic (exact) mass is 574 g/mol. The quantitative estimate of drug-likeness (QED) is 0.209. The number of ether oxygens (including phenoxy) is 2. The van der Waals surface area contributed by atoms with Gasteiger partial charge in [0.2, 0.25) is 0 Å². The highest BCUT2D eigenvalue weighted by atomic mass is 32.1. The molecule has 43 heavy (non-hydrogen) atoms. The standard InChI is InChI=1S/C38H26N2O2S/c1-41-25-15-11-23(12-16-25)39-31-9-5-3-7-29(31)35-33(39)21-19-27-28-20-22-34-36(38(28)43-37(27)35)30-8-4-6-10-32(30)40(34)24-13-17-26(42-2)18-14-24/h3-22H,1-2H3. The van der Waals surface area contributed by atoms with Gasteiger partial charge in [-0.1, -0.05) is 48.5 Å². The van der Waals surface area contributed by atoms with Crippen LogP contribution in [0, 0.1) is 0 Å². The van der Waals surface area contributed by atoms with Crippen molar-refractivity contribution in [3.63, 3.8) is 0 Å². The van der Waals surface area contributed by atoms with Crippen molar-refractivity contribution < 1.29 is 9.47 Å². The zero-order valence-electron chi connectivity index (χ0n) is 23.7. The minimum Gasteiger partial charge on any atom is -0.497 e. The summed E-state index contributed by atoms with van der Waals surface area (Å²) in [5.41, 5.74) is 7.07. The van der Waals surface area contributed by atoms with E-state index in [1.807, 2.05) is 35.6 Å². The summed E-state index contributed by atoms with van der Waals surface area (Å²) in [7, 11) is 3.41. The molecule has 0 aliphatic heterocycles. The molecule has 4 nitrogen and oxygen atoms in total. The smallest absolute Gasteiger partial charge is 0.119 e. The van der Waals surface area contributed by atoms with Crippen LogP contribution in [0.25, 0.3) is 75.2 Å². The minimum absolute atomic E-state index is 0.856. The van der Waals surface area contributed by atoms with Crippen LogP contribution in [-0.2, 0) is 0 Å². The molecule has 3 aromatic heterocycles. The summed E-state index contributed by atoms with van der Waals surface area (Å²) in [6, 6.07) is 43.4. The van der Waals surface area contributed by atoms with Crippen molar-refractivity contribution in [1.82, 2.24) is 9.13 Å². The summed E-state index contributed by atoms with van der Waals surface area (Å²) in [5.74, 6) is 1.71. The summed E-state index contributed by atoms with van der Waals surface area (Å²) in [6.45, 7) is 0. The average Bonchev–Trinajstić information content (AvgIpc) is 3.72. The number of hydrogen-bond donors (Lipinski definition) is 0. The first-order valence-electron chi connectivity index (χ1n) is 14.3. The summed E-state index contributed by atoms with van der Waals surface area (Å²) in [6.07, 6.45) is 0. The zero-order chi connectivity index (χ0) is 28.7. The number of hydrogen-bond acceptors (Lipinski definition) is 3. The molecular formula is C38H26N2O2S. The highest BCUT2D eigenvalue weighted by Gasteiger charge is 2.21. The fraction of sp³-hybridized carbons (Fsp3) is 0.0526. The summed E-state index contributed by atoms with van der Waals surface area (Å²) < 4.78 is 18.3. The lowest BCUT2D eigenvalue weighted by Crippen LogP contribution is -1.93. The Labute approximate surface area is 251 Å². The van der Waals surface area contributed by atoms with Gasteiger partial charge in [-0.25, -0.2) is 0 Å². The Morgan fingerprint density at radius 1 is 0.419 bits per heavy atom. The molecule has 0 saturated heterocycles. The van der Waals surface area contributed by atoms with E-state index in [2.05, 4.69) is 106 Å². The van der Waals surface area contributed by atoms with E-state index < -0.39 is 0 Å². The highest BCUT2D eigenvalue weighted by molar-refractivity contribution is 7.27. The number of para-hydroxylation sites is 2. The molecule has 0 aliphatic rings. The second-order valence-corrected chi connectivity index (χ2v) is 11.9. The van der Waals surface area contributed by atoms with Gasteiger partial charge in [-0.2, -0.15) is 0 Å². The predicted molar refractivity (Wildman–Crippen MR) is 181 cm³/mol. The molecule has 9 aromatic rings. The van der Waals surface area contributed by atoms with Gasteiger partial charge < -0.3 is 18.6 Å². The number of benzene rings is 6. The third kappa shape index (κ3) is 3.37. The van der Waals surface area contributed by atoms with Gasteiger partial charge >= 0.3 is 0 Å². The third-order valence-electron chi connectivity index (χ3n) is 8.74. The van der Waals surface area contributed by atoms with Gasteiger partial charge in [0.05, 0.1) is 36.3 Å². The van der Waals surface area contributed by atoms with Gasteiger partial charge in [0.15, 0.2) is 0 Å². The van der Waals surface area contributed by atoms with Crippen molar-refractivity contribution in [3.8, 4) is 22.9 Å². The van der Waals surface area contributed by atoms with Crippen molar-refractivity contribution in [1.29, 1.82) is 0 Å². The Balaban J connectivity index is 1.39. The van der Waals surface area contributed by atoms with Crippen LogP contribution < -0.4 is 9.47 Å². The molecule has 206 valence electrons. The Morgan fingerprint density at radius 3 is 1.26 bits per heavy atom. The first-order valence-corrected chi connectivity index (χ1v) is 15.2. The maximum Gasteiger partial charge on any atom is 0.119 e. The number of rotatable bonds is 4. The fourth-order valence-electron chi connectivity index (χ4n) is 6.81. The maximum atomic E-state index is 5.44. The summed E-state index contributed by atoms with van der Waals surface area (Å²) in [5, 5.41) is 7.74. The van der Waals surface area contributed by atoms with E-state index in [4.69, 9.17) is 9.47 Å². The number of nitrogens with zero attached hydrogens (tertiary/aromatic N) is 2. The van der Waals surface area contributed by atoms with Crippen molar-refractivity contribution in [2.75, 3.05) is 14.2 Å². The van der Waals surface area contributed by atoms with Crippen LogP contribution in [0.15, 0.2) is 121 Å². The summed E-state index contributed by atoms with van der Waals surface area (Å²) >= 11 is 1.91. The molecule has 0 fully saturated rings. The van der Waals surface area contributed by atoms with Crippen LogP contribution in [0.1, 0.15) is 0 Å². The van der Waals surface area contributed by atoms with E-state index in [0.29, 0.717) is 0 Å². The van der Waals surface area contributed by atoms with Gasteiger partial charge in [0, 0.05) is 53.1 Å². The highest BCUT2D eigenvalue weighted by Crippen LogP contribution is 2.47. The van der Waals surface area contributed by atoms with Gasteiger partial charge in [-0.3, -0.25) is 0 Å². The van der Waals surface area contributed by atoms with Gasteiger partial charge in [0.25, 0.3) is 0 Å². The predicted octanol–water partition coefficient (Wildman–Crippen LogP) is 10.3. The molecule has 0 bridgehead atoms. The van der Waals surface area contributed by atoms with Crippen LogP contribution in [-0.4, -0.2) is 23.4 Å². The first-order chi connectivity index (χ1) is 21.2. The average molecular weight is 575 g/mol. The van der Waals surface area contributed by atoms with Gasteiger partial charge in [-0.15, -0.1) is 11.3 Å². The topological polar surface area (TPSA) is 28.3 Å². The van der Waals surface area contributed by atoms with E-state index in [1.54, 1.807) is 14.2 Å². The third-order valence-corrected chi connectivity index (χ3v) is 9.99. The molecule has 0 N–H and O–H groups in total. The Hall–Kier alpha value is -5.26. The van der Waals surface area contributed by atoms with Crippen molar-refractivity contribution >= 4 is 75.1 Å². The van der Waals surface area contributed by atoms with E-state index in [9.17, 15) is 0 Å². The zero-order valence-corrected chi connectivity index (χ0v) is 24.5. The molecule has 0 unspecified atom stereocenters. The van der Waals surface area contributed by atoms with E-state index in [0.717, 1.165) is 22.9 Å². The van der Waals surface area contributed by atoms with Crippen LogP contribution in [0.3, 0.4) is 0 Å². The molecule has 5 heteroatoms. The van der Waals surface area contributed by atoms with Crippen molar-refractivity contribution in [3.05, 3.63) is 121 Å². The molecular weight excluding hydrogens is 548 g/mol. The molecule has 0 spiro atoms. The number of methoxy groups -OCH3 is 2. The molecule has 3 heterocycles. The number of aromatic nitrogens is 2. The maximum absolute atomic E-state index is 5.44. The number of fused-ring (bicyclic) bond motifs is 11. The fourth-order valence-corrected chi connectivity index (χ4v) is 8.23. The van der Waals surface area contributed by atoms with Crippen molar-refractivity contribution in [2.24, 2.45) is 0 Å². The second-order valence-electron chi connectivity index (χ2n) is 10.9. The van der Waals surface area contributed by atoms with E-state index in [-0.39, 0.29) is 0 Å². The SMILES string of the molecule is COc1ccc(-n2c3ccccc3c3c4sc5c(ccc6c5c5ccccc5n6-c5ccc(OC)cc5)c4ccc32)cc1. The van der Waals surface area contributed by atoms with Crippen molar-refractivity contribution in [2.45, 2.75) is 0 Å². The Kier molecular flexibility index (Phi) is 5.16. The molecule has 0 aliphatic carbocycles. The normalized spacial score (nSPS) is 12.0. The molecule has 9 rings (SSSR count). The first kappa shape index (κ1) is 24.3.